The van der Waals surface area contributed by atoms with E-state index < -0.39 is 0 Å². The van der Waals surface area contributed by atoms with Crippen molar-refractivity contribution in [3.05, 3.63) is 20.8 Å². The fourth-order valence-electron chi connectivity index (χ4n) is 1.35. The van der Waals surface area contributed by atoms with E-state index in [0.29, 0.717) is 0 Å². The Labute approximate surface area is 97.3 Å². The number of halogens is 2. The second kappa shape index (κ2) is 4.78. The summed E-state index contributed by atoms with van der Waals surface area (Å²) in [5, 5.41) is 2.10. The van der Waals surface area contributed by atoms with Crippen LogP contribution in [0.5, 0.6) is 0 Å². The molecule has 1 atom stereocenters. The van der Waals surface area contributed by atoms with Crippen LogP contribution in [-0.2, 0) is 0 Å². The summed E-state index contributed by atoms with van der Waals surface area (Å²) in [4.78, 5) is 1.31. The monoisotopic (exact) mass is 281 g/mol. The number of nitrogens with two attached hydrogens (primary N) is 1. The second-order valence-electron chi connectivity index (χ2n) is 3.45. The van der Waals surface area contributed by atoms with E-state index in [1.807, 2.05) is 0 Å². The molecule has 2 N–H and O–H groups in total. The van der Waals surface area contributed by atoms with Crippen LogP contribution in [0, 0.1) is 5.92 Å². The minimum absolute atomic E-state index is 0. The predicted molar refractivity (Wildman–Crippen MR) is 63.5 cm³/mol. The average Bonchev–Trinajstić information content (AvgIpc) is 2.72. The molecule has 1 aromatic rings. The van der Waals surface area contributed by atoms with Crippen molar-refractivity contribution in [1.82, 2.24) is 0 Å². The maximum Gasteiger partial charge on any atom is 0.0392 e. The normalized spacial score (nSPS) is 18.0. The van der Waals surface area contributed by atoms with Crippen LogP contribution in [0.2, 0.25) is 0 Å². The molecular weight excluding hydrogens is 270 g/mol. The zero-order valence-electron chi connectivity index (χ0n) is 7.20. The molecule has 13 heavy (non-hydrogen) atoms. The van der Waals surface area contributed by atoms with Gasteiger partial charge in [0, 0.05) is 20.8 Å². The van der Waals surface area contributed by atoms with Gasteiger partial charge in [-0.05, 0) is 34.3 Å². The number of rotatable bonds is 3. The molecular formula is C9H13BrClNS. The maximum absolute atomic E-state index is 6.04. The van der Waals surface area contributed by atoms with Gasteiger partial charge >= 0.3 is 0 Å². The zero-order chi connectivity index (χ0) is 8.55. The number of hydrogen-bond acceptors (Lipinski definition) is 2. The molecule has 74 valence electrons. The van der Waals surface area contributed by atoms with E-state index in [0.717, 1.165) is 10.4 Å². The van der Waals surface area contributed by atoms with Crippen LogP contribution >= 0.6 is 39.7 Å². The first-order chi connectivity index (χ1) is 5.75. The minimum atomic E-state index is 0. The first-order valence-corrected chi connectivity index (χ1v) is 5.92. The summed E-state index contributed by atoms with van der Waals surface area (Å²) in [5.74, 6) is 0.917. The van der Waals surface area contributed by atoms with E-state index in [9.17, 15) is 0 Å². The Kier molecular flexibility index (Phi) is 4.23. The second-order valence-corrected chi connectivity index (χ2v) is 5.31. The lowest BCUT2D eigenvalue weighted by Crippen LogP contribution is -2.08. The first-order valence-electron chi connectivity index (χ1n) is 4.25. The van der Waals surface area contributed by atoms with E-state index in [4.69, 9.17) is 5.73 Å². The topological polar surface area (TPSA) is 26.0 Å². The lowest BCUT2D eigenvalue weighted by Gasteiger charge is -2.06. The van der Waals surface area contributed by atoms with Crippen molar-refractivity contribution >= 4 is 39.7 Å². The fraction of sp³-hybridized carbons (Fsp3) is 0.556. The van der Waals surface area contributed by atoms with Gasteiger partial charge < -0.3 is 5.73 Å². The molecule has 0 saturated heterocycles. The standard InChI is InChI=1S/C9H12BrNS.ClH/c10-7-4-9(12-5-7)8(11)3-6-1-2-6;/h4-6,8H,1-3,11H2;1H/t8-;/m0./s1. The van der Waals surface area contributed by atoms with E-state index >= 15 is 0 Å². The first kappa shape index (κ1) is 11.5. The summed E-state index contributed by atoms with van der Waals surface area (Å²) in [6.07, 6.45) is 3.95. The molecule has 1 nitrogen and oxygen atoms in total. The molecule has 2 rings (SSSR count). The van der Waals surface area contributed by atoms with Crippen molar-refractivity contribution in [2.24, 2.45) is 11.7 Å². The Bertz CT molecular complexity index is 272. The van der Waals surface area contributed by atoms with Crippen molar-refractivity contribution in [2.75, 3.05) is 0 Å². The summed E-state index contributed by atoms with van der Waals surface area (Å²) < 4.78 is 1.16. The van der Waals surface area contributed by atoms with E-state index in [-0.39, 0.29) is 18.4 Å². The van der Waals surface area contributed by atoms with Crippen molar-refractivity contribution in [3.8, 4) is 0 Å². The molecule has 1 aromatic heterocycles. The van der Waals surface area contributed by atoms with Gasteiger partial charge in [-0.15, -0.1) is 23.7 Å². The lowest BCUT2D eigenvalue weighted by atomic mass is 10.1. The largest absolute Gasteiger partial charge is 0.323 e. The fourth-order valence-corrected chi connectivity index (χ4v) is 2.81. The molecule has 0 unspecified atom stereocenters. The molecule has 1 heterocycles. The summed E-state index contributed by atoms with van der Waals surface area (Å²) in [6.45, 7) is 0. The Morgan fingerprint density at radius 1 is 1.62 bits per heavy atom. The highest BCUT2D eigenvalue weighted by molar-refractivity contribution is 9.10. The van der Waals surface area contributed by atoms with Gasteiger partial charge in [-0.1, -0.05) is 12.8 Å². The SMILES string of the molecule is Cl.N[C@@H](CC1CC1)c1cc(Br)cs1. The van der Waals surface area contributed by atoms with E-state index in [2.05, 4.69) is 27.4 Å². The van der Waals surface area contributed by atoms with Gasteiger partial charge in [0.15, 0.2) is 0 Å². The van der Waals surface area contributed by atoms with Crippen LogP contribution in [0.25, 0.3) is 0 Å². The van der Waals surface area contributed by atoms with Gasteiger partial charge in [0.1, 0.15) is 0 Å². The Hall–Kier alpha value is 0.430. The van der Waals surface area contributed by atoms with Crippen LogP contribution in [0.4, 0.5) is 0 Å². The third-order valence-corrected chi connectivity index (χ3v) is 4.06. The van der Waals surface area contributed by atoms with E-state index in [1.165, 1.54) is 24.1 Å². The van der Waals surface area contributed by atoms with E-state index in [1.54, 1.807) is 11.3 Å². The smallest absolute Gasteiger partial charge is 0.0392 e. The van der Waals surface area contributed by atoms with Gasteiger partial charge in [0.25, 0.3) is 0 Å². The molecule has 0 aromatic carbocycles. The minimum Gasteiger partial charge on any atom is -0.323 e. The molecule has 1 aliphatic carbocycles. The number of thiophene rings is 1. The Morgan fingerprint density at radius 3 is 2.77 bits per heavy atom. The van der Waals surface area contributed by atoms with Crippen LogP contribution in [0.3, 0.4) is 0 Å². The number of hydrogen-bond donors (Lipinski definition) is 1. The van der Waals surface area contributed by atoms with Crippen LogP contribution < -0.4 is 5.73 Å². The summed E-state index contributed by atoms with van der Waals surface area (Å²) in [6, 6.07) is 2.41. The molecule has 0 amide bonds. The molecule has 0 radical (unpaired) electrons. The van der Waals surface area contributed by atoms with Crippen molar-refractivity contribution in [3.63, 3.8) is 0 Å². The molecule has 0 spiro atoms. The summed E-state index contributed by atoms with van der Waals surface area (Å²) in [7, 11) is 0. The molecule has 0 aliphatic heterocycles. The van der Waals surface area contributed by atoms with Crippen molar-refractivity contribution in [1.29, 1.82) is 0 Å². The highest BCUT2D eigenvalue weighted by Gasteiger charge is 2.24. The third kappa shape index (κ3) is 3.24. The average molecular weight is 283 g/mol. The van der Waals surface area contributed by atoms with Gasteiger partial charge in [-0.2, -0.15) is 0 Å². The van der Waals surface area contributed by atoms with Gasteiger partial charge in [-0.3, -0.25) is 0 Å². The Balaban J connectivity index is 0.000000845. The summed E-state index contributed by atoms with van der Waals surface area (Å²) in [5.41, 5.74) is 6.04. The van der Waals surface area contributed by atoms with Gasteiger partial charge in [-0.25, -0.2) is 0 Å². The lowest BCUT2D eigenvalue weighted by molar-refractivity contribution is 0.605. The zero-order valence-corrected chi connectivity index (χ0v) is 10.4. The molecule has 0 bridgehead atoms. The van der Waals surface area contributed by atoms with Gasteiger partial charge in [0.05, 0.1) is 0 Å². The quantitative estimate of drug-likeness (QED) is 0.898. The highest BCUT2D eigenvalue weighted by atomic mass is 79.9. The van der Waals surface area contributed by atoms with Crippen molar-refractivity contribution in [2.45, 2.75) is 25.3 Å². The van der Waals surface area contributed by atoms with Crippen molar-refractivity contribution < 1.29 is 0 Å². The molecule has 1 aliphatic rings. The highest BCUT2D eigenvalue weighted by Crippen LogP contribution is 2.38. The summed E-state index contributed by atoms with van der Waals surface area (Å²) >= 11 is 5.19. The van der Waals surface area contributed by atoms with Crippen LogP contribution in [-0.4, -0.2) is 0 Å². The van der Waals surface area contributed by atoms with Gasteiger partial charge in [0.2, 0.25) is 0 Å². The molecule has 1 saturated carbocycles. The molecule has 1 fully saturated rings. The predicted octanol–water partition coefficient (Wildman–Crippen LogP) is 3.73. The maximum atomic E-state index is 6.04. The van der Waals surface area contributed by atoms with Crippen LogP contribution in [0.15, 0.2) is 15.9 Å². The van der Waals surface area contributed by atoms with Crippen LogP contribution in [0.1, 0.15) is 30.2 Å². The Morgan fingerprint density at radius 2 is 2.31 bits per heavy atom. The molecule has 4 heteroatoms. The third-order valence-electron chi connectivity index (χ3n) is 2.24.